The van der Waals surface area contributed by atoms with Gasteiger partial charge in [-0.05, 0) is 37.8 Å². The first kappa shape index (κ1) is 12.1. The van der Waals surface area contributed by atoms with E-state index in [0.717, 1.165) is 48.6 Å². The van der Waals surface area contributed by atoms with E-state index >= 15 is 0 Å². The van der Waals surface area contributed by atoms with E-state index in [1.165, 1.54) is 29.7 Å². The van der Waals surface area contributed by atoms with Gasteiger partial charge in [-0.25, -0.2) is 15.0 Å². The van der Waals surface area contributed by atoms with Crippen molar-refractivity contribution >= 4 is 17.0 Å². The molecule has 0 spiro atoms. The summed E-state index contributed by atoms with van der Waals surface area (Å²) in [5.74, 6) is 0.909. The van der Waals surface area contributed by atoms with Crippen molar-refractivity contribution in [3.63, 3.8) is 0 Å². The molecule has 1 saturated heterocycles. The first-order valence-corrected chi connectivity index (χ1v) is 7.97. The second-order valence-corrected chi connectivity index (χ2v) is 6.13. The molecule has 22 heavy (non-hydrogen) atoms. The van der Waals surface area contributed by atoms with Gasteiger partial charge >= 0.3 is 0 Å². The van der Waals surface area contributed by atoms with Gasteiger partial charge in [0, 0.05) is 29.9 Å². The largest absolute Gasteiger partial charge is 0.345 e. The molecule has 110 valence electrons. The normalized spacial score (nSPS) is 16.8. The Morgan fingerprint density at radius 2 is 2.00 bits per heavy atom. The molecule has 2 aliphatic rings. The maximum atomic E-state index is 4.91. The van der Waals surface area contributed by atoms with Gasteiger partial charge in [0.2, 0.25) is 5.95 Å². The number of imidazole rings is 1. The molecule has 1 aromatic carbocycles. The monoisotopic (exact) mass is 291 g/mol. The lowest BCUT2D eigenvalue weighted by molar-refractivity contribution is 0.599. The average Bonchev–Trinajstić information content (AvgIpc) is 3.12. The van der Waals surface area contributed by atoms with Gasteiger partial charge in [0.05, 0.1) is 23.1 Å². The van der Waals surface area contributed by atoms with Crippen LogP contribution in [0.15, 0.2) is 24.5 Å². The van der Waals surface area contributed by atoms with E-state index in [0.29, 0.717) is 0 Å². The molecule has 0 saturated carbocycles. The number of anilines is 1. The number of rotatable bonds is 2. The van der Waals surface area contributed by atoms with Gasteiger partial charge in [0.15, 0.2) is 0 Å². The van der Waals surface area contributed by atoms with Gasteiger partial charge in [-0.3, -0.25) is 0 Å². The first-order valence-electron chi connectivity index (χ1n) is 7.97. The Bertz CT molecular complexity index is 863. The highest BCUT2D eigenvalue weighted by Crippen LogP contribution is 2.33. The van der Waals surface area contributed by atoms with Crippen molar-refractivity contribution in [2.24, 2.45) is 0 Å². The minimum absolute atomic E-state index is 0.909. The van der Waals surface area contributed by atoms with Crippen molar-refractivity contribution in [2.45, 2.75) is 25.7 Å². The van der Waals surface area contributed by atoms with E-state index in [9.17, 15) is 0 Å². The summed E-state index contributed by atoms with van der Waals surface area (Å²) in [6.45, 7) is 2.16. The highest BCUT2D eigenvalue weighted by atomic mass is 15.3. The van der Waals surface area contributed by atoms with Crippen molar-refractivity contribution < 1.29 is 0 Å². The predicted octanol–water partition coefficient (Wildman–Crippen LogP) is 2.72. The molecule has 3 heterocycles. The number of H-pyrrole nitrogens is 1. The molecule has 0 unspecified atom stereocenters. The molecule has 5 heteroatoms. The zero-order valence-electron chi connectivity index (χ0n) is 12.3. The number of nitrogens with one attached hydrogen (secondary N) is 1. The number of fused-ring (bicyclic) bond motifs is 2. The molecular formula is C17H17N5. The zero-order chi connectivity index (χ0) is 14.5. The van der Waals surface area contributed by atoms with Crippen molar-refractivity contribution in [3.05, 3.63) is 35.8 Å². The topological polar surface area (TPSA) is 57.7 Å². The summed E-state index contributed by atoms with van der Waals surface area (Å²) >= 11 is 0. The van der Waals surface area contributed by atoms with Crippen LogP contribution in [0.3, 0.4) is 0 Å². The molecule has 1 aliphatic carbocycles. The van der Waals surface area contributed by atoms with Crippen molar-refractivity contribution in [3.8, 4) is 11.3 Å². The fraction of sp³-hybridized carbons (Fsp3) is 0.353. The van der Waals surface area contributed by atoms with Crippen molar-refractivity contribution in [2.75, 3.05) is 18.0 Å². The van der Waals surface area contributed by atoms with Crippen LogP contribution in [-0.2, 0) is 12.8 Å². The average molecular weight is 291 g/mol. The molecule has 1 N–H and O–H groups in total. The highest BCUT2D eigenvalue weighted by Gasteiger charge is 2.24. The van der Waals surface area contributed by atoms with Crippen LogP contribution >= 0.6 is 0 Å². The Kier molecular flexibility index (Phi) is 2.50. The number of aryl methyl sites for hydroxylation is 1. The van der Waals surface area contributed by atoms with Crippen LogP contribution in [0.5, 0.6) is 0 Å². The number of hydrogen-bond acceptors (Lipinski definition) is 4. The molecule has 3 aromatic rings. The van der Waals surface area contributed by atoms with Crippen LogP contribution in [0.4, 0.5) is 5.95 Å². The molecule has 2 aromatic heterocycles. The van der Waals surface area contributed by atoms with E-state index in [-0.39, 0.29) is 0 Å². The predicted molar refractivity (Wildman–Crippen MR) is 86.0 cm³/mol. The summed E-state index contributed by atoms with van der Waals surface area (Å²) < 4.78 is 0. The lowest BCUT2D eigenvalue weighted by Crippen LogP contribution is -2.38. The van der Waals surface area contributed by atoms with Crippen LogP contribution in [0.25, 0.3) is 22.3 Å². The molecule has 1 fully saturated rings. The van der Waals surface area contributed by atoms with E-state index in [4.69, 9.17) is 9.97 Å². The third-order valence-corrected chi connectivity index (χ3v) is 4.75. The zero-order valence-corrected chi connectivity index (χ0v) is 12.3. The lowest BCUT2D eigenvalue weighted by atomic mass is 10.0. The van der Waals surface area contributed by atoms with Gasteiger partial charge < -0.3 is 9.88 Å². The Morgan fingerprint density at radius 3 is 2.86 bits per heavy atom. The number of nitrogens with zero attached hydrogens (tertiary/aromatic N) is 4. The fourth-order valence-corrected chi connectivity index (χ4v) is 3.40. The molecule has 5 nitrogen and oxygen atoms in total. The molecule has 0 amide bonds. The van der Waals surface area contributed by atoms with Gasteiger partial charge in [0.25, 0.3) is 0 Å². The van der Waals surface area contributed by atoms with Gasteiger partial charge in [0.1, 0.15) is 0 Å². The Balaban J connectivity index is 1.70. The number of aromatic nitrogens is 4. The molecular weight excluding hydrogens is 274 g/mol. The third kappa shape index (κ3) is 1.75. The van der Waals surface area contributed by atoms with Crippen LogP contribution in [0, 0.1) is 0 Å². The van der Waals surface area contributed by atoms with Gasteiger partial charge in [-0.2, -0.15) is 0 Å². The van der Waals surface area contributed by atoms with Crippen LogP contribution in [0.2, 0.25) is 0 Å². The molecule has 5 rings (SSSR count). The maximum Gasteiger partial charge on any atom is 0.226 e. The minimum Gasteiger partial charge on any atom is -0.345 e. The summed E-state index contributed by atoms with van der Waals surface area (Å²) in [6, 6.07) is 6.35. The third-order valence-electron chi connectivity index (χ3n) is 4.75. The summed E-state index contributed by atoms with van der Waals surface area (Å²) in [4.78, 5) is 19.5. The summed E-state index contributed by atoms with van der Waals surface area (Å²) in [7, 11) is 0. The summed E-state index contributed by atoms with van der Waals surface area (Å²) in [5, 5.41) is 0. The summed E-state index contributed by atoms with van der Waals surface area (Å²) in [5.41, 5.74) is 6.92. The molecule has 0 radical (unpaired) electrons. The maximum absolute atomic E-state index is 4.91. The van der Waals surface area contributed by atoms with Gasteiger partial charge in [-0.1, -0.05) is 6.07 Å². The van der Waals surface area contributed by atoms with E-state index in [2.05, 4.69) is 33.1 Å². The molecule has 0 atom stereocenters. The Hall–Kier alpha value is -2.43. The highest BCUT2D eigenvalue weighted by molar-refractivity contribution is 5.81. The Labute approximate surface area is 128 Å². The van der Waals surface area contributed by atoms with Crippen LogP contribution < -0.4 is 4.90 Å². The van der Waals surface area contributed by atoms with Crippen LogP contribution in [0.1, 0.15) is 24.1 Å². The van der Waals surface area contributed by atoms with E-state index < -0.39 is 0 Å². The molecule has 0 bridgehead atoms. The fourth-order valence-electron chi connectivity index (χ4n) is 3.40. The number of benzene rings is 1. The van der Waals surface area contributed by atoms with Gasteiger partial charge in [-0.15, -0.1) is 0 Å². The Morgan fingerprint density at radius 1 is 1.05 bits per heavy atom. The quantitative estimate of drug-likeness (QED) is 0.788. The lowest BCUT2D eigenvalue weighted by Gasteiger charge is -2.31. The van der Waals surface area contributed by atoms with E-state index in [1.807, 2.05) is 0 Å². The second-order valence-electron chi connectivity index (χ2n) is 6.13. The number of hydrogen-bond donors (Lipinski definition) is 1. The second kappa shape index (κ2) is 4.53. The van der Waals surface area contributed by atoms with E-state index in [1.54, 1.807) is 6.33 Å². The molecule has 1 aliphatic heterocycles. The smallest absolute Gasteiger partial charge is 0.226 e. The standard InChI is InChI=1S/C17H17N5/c1-3-12-13(4-1)20-17(22-7-2-8-22)21-16(12)11-5-6-14-15(9-11)19-10-18-14/h5-6,9-10H,1-4,7-8H2,(H,18,19). The SMILES string of the molecule is c1nc2ccc(-c3nc(N4CCC4)nc4c3CCC4)cc2[nH]1. The van der Waals surface area contributed by atoms with Crippen LogP contribution in [-0.4, -0.2) is 33.0 Å². The first-order chi connectivity index (χ1) is 10.9. The number of aromatic amines is 1. The van der Waals surface area contributed by atoms with Crippen molar-refractivity contribution in [1.82, 2.24) is 19.9 Å². The van der Waals surface area contributed by atoms with Crippen molar-refractivity contribution in [1.29, 1.82) is 0 Å². The minimum atomic E-state index is 0.909. The summed E-state index contributed by atoms with van der Waals surface area (Å²) in [6.07, 6.45) is 6.34.